The van der Waals surface area contributed by atoms with Gasteiger partial charge in [-0.15, -0.1) is 0 Å². The number of nitrogens with one attached hydrogen (secondary N) is 1. The van der Waals surface area contributed by atoms with Crippen LogP contribution in [0.25, 0.3) is 0 Å². The van der Waals surface area contributed by atoms with Crippen LogP contribution in [0.1, 0.15) is 39.5 Å². The normalized spacial score (nSPS) is 23.9. The molecule has 1 N–H and O–H groups in total. The van der Waals surface area contributed by atoms with Crippen LogP contribution in [0.15, 0.2) is 0 Å². The molecule has 2 unspecified atom stereocenters. The largest absolute Gasteiger partial charge is 0.315 e. The van der Waals surface area contributed by atoms with E-state index in [-0.39, 0.29) is 5.92 Å². The van der Waals surface area contributed by atoms with E-state index in [0.717, 1.165) is 19.1 Å². The summed E-state index contributed by atoms with van der Waals surface area (Å²) in [4.78, 5) is 2.60. The van der Waals surface area contributed by atoms with Gasteiger partial charge in [-0.2, -0.15) is 5.26 Å². The lowest BCUT2D eigenvalue weighted by atomic mass is 10.0. The molecule has 0 aromatic rings. The summed E-state index contributed by atoms with van der Waals surface area (Å²) in [6.07, 6.45) is 5.32. The number of hydrogen-bond donors (Lipinski definition) is 1. The van der Waals surface area contributed by atoms with E-state index in [4.69, 9.17) is 5.26 Å². The second-order valence-electron chi connectivity index (χ2n) is 4.97. The van der Waals surface area contributed by atoms with Crippen molar-refractivity contribution in [3.8, 4) is 6.07 Å². The first-order valence-corrected chi connectivity index (χ1v) is 6.58. The maximum Gasteiger partial charge on any atom is 0.0666 e. The Morgan fingerprint density at radius 1 is 1.50 bits per heavy atom. The third-order valence-corrected chi connectivity index (χ3v) is 3.41. The first-order valence-electron chi connectivity index (χ1n) is 6.58. The Labute approximate surface area is 99.8 Å². The molecule has 1 saturated heterocycles. The number of likely N-dealkylation sites (tertiary alicyclic amines) is 1. The molecule has 0 saturated carbocycles. The SMILES string of the molecule is CC(C#N)CNCCCN1CCCCC1C. The van der Waals surface area contributed by atoms with Crippen LogP contribution in [0, 0.1) is 17.2 Å². The topological polar surface area (TPSA) is 39.1 Å². The van der Waals surface area contributed by atoms with Crippen molar-refractivity contribution in [3.63, 3.8) is 0 Å². The lowest BCUT2D eigenvalue weighted by Crippen LogP contribution is -2.39. The van der Waals surface area contributed by atoms with Crippen LogP contribution in [0.4, 0.5) is 0 Å². The third kappa shape index (κ3) is 4.96. The number of hydrogen-bond acceptors (Lipinski definition) is 3. The van der Waals surface area contributed by atoms with Crippen LogP contribution >= 0.6 is 0 Å². The molecule has 0 spiro atoms. The number of nitriles is 1. The summed E-state index contributed by atoms with van der Waals surface area (Å²) in [5, 5.41) is 12.0. The van der Waals surface area contributed by atoms with E-state index in [2.05, 4.69) is 23.2 Å². The molecule has 1 fully saturated rings. The molecule has 0 radical (unpaired) electrons. The highest BCUT2D eigenvalue weighted by Gasteiger charge is 2.16. The van der Waals surface area contributed by atoms with Gasteiger partial charge in [-0.25, -0.2) is 0 Å². The second kappa shape index (κ2) is 7.65. The standard InChI is InChI=1S/C13H25N3/c1-12(10-14)11-15-7-5-9-16-8-4-3-6-13(16)2/h12-13,15H,3-9,11H2,1-2H3. The maximum absolute atomic E-state index is 8.63. The van der Waals surface area contributed by atoms with Crippen LogP contribution in [0.2, 0.25) is 0 Å². The van der Waals surface area contributed by atoms with Crippen LogP contribution in [-0.4, -0.2) is 37.1 Å². The van der Waals surface area contributed by atoms with Gasteiger partial charge in [-0.3, -0.25) is 0 Å². The van der Waals surface area contributed by atoms with Gasteiger partial charge in [0.2, 0.25) is 0 Å². The number of piperidine rings is 1. The summed E-state index contributed by atoms with van der Waals surface area (Å²) in [5.41, 5.74) is 0. The predicted molar refractivity (Wildman–Crippen MR) is 67.1 cm³/mol. The highest BCUT2D eigenvalue weighted by Crippen LogP contribution is 2.15. The summed E-state index contributed by atoms with van der Waals surface area (Å²) in [6, 6.07) is 3.01. The quantitative estimate of drug-likeness (QED) is 0.700. The minimum Gasteiger partial charge on any atom is -0.315 e. The molecule has 0 bridgehead atoms. The van der Waals surface area contributed by atoms with E-state index in [0.29, 0.717) is 0 Å². The van der Waals surface area contributed by atoms with Gasteiger partial charge in [0.05, 0.1) is 12.0 Å². The van der Waals surface area contributed by atoms with Gasteiger partial charge in [-0.05, 0) is 52.7 Å². The van der Waals surface area contributed by atoms with Gasteiger partial charge >= 0.3 is 0 Å². The zero-order valence-electron chi connectivity index (χ0n) is 10.7. The van der Waals surface area contributed by atoms with E-state index < -0.39 is 0 Å². The Balaban J connectivity index is 2.00. The summed E-state index contributed by atoms with van der Waals surface area (Å²) < 4.78 is 0. The fourth-order valence-electron chi connectivity index (χ4n) is 2.26. The van der Waals surface area contributed by atoms with E-state index in [1.165, 1.54) is 38.8 Å². The van der Waals surface area contributed by atoms with Crippen molar-refractivity contribution in [2.75, 3.05) is 26.2 Å². The lowest BCUT2D eigenvalue weighted by Gasteiger charge is -2.33. The van der Waals surface area contributed by atoms with Crippen LogP contribution in [0.3, 0.4) is 0 Å². The van der Waals surface area contributed by atoms with Crippen molar-refractivity contribution in [2.45, 2.75) is 45.6 Å². The molecule has 0 aromatic carbocycles. The molecule has 1 aliphatic heterocycles. The Morgan fingerprint density at radius 2 is 2.31 bits per heavy atom. The van der Waals surface area contributed by atoms with Gasteiger partial charge in [0.1, 0.15) is 0 Å². The highest BCUT2D eigenvalue weighted by molar-refractivity contribution is 4.80. The van der Waals surface area contributed by atoms with E-state index in [1.54, 1.807) is 0 Å². The predicted octanol–water partition coefficient (Wildman–Crippen LogP) is 2.00. The van der Waals surface area contributed by atoms with Crippen molar-refractivity contribution in [2.24, 2.45) is 5.92 Å². The fourth-order valence-corrected chi connectivity index (χ4v) is 2.26. The molecule has 1 heterocycles. The molecule has 1 rings (SSSR count). The first kappa shape index (κ1) is 13.5. The van der Waals surface area contributed by atoms with Gasteiger partial charge in [-0.1, -0.05) is 6.42 Å². The number of nitrogens with zero attached hydrogens (tertiary/aromatic N) is 2. The smallest absolute Gasteiger partial charge is 0.0666 e. The monoisotopic (exact) mass is 223 g/mol. The molecule has 92 valence electrons. The maximum atomic E-state index is 8.63. The Bertz CT molecular complexity index is 222. The Kier molecular flexibility index (Phi) is 6.44. The van der Waals surface area contributed by atoms with Crippen molar-refractivity contribution in [1.82, 2.24) is 10.2 Å². The van der Waals surface area contributed by atoms with E-state index in [9.17, 15) is 0 Å². The fraction of sp³-hybridized carbons (Fsp3) is 0.923. The summed E-state index contributed by atoms with van der Waals surface area (Å²) in [6.45, 7) is 8.64. The molecule has 3 nitrogen and oxygen atoms in total. The van der Waals surface area contributed by atoms with Crippen LogP contribution in [0.5, 0.6) is 0 Å². The van der Waals surface area contributed by atoms with Crippen molar-refractivity contribution < 1.29 is 0 Å². The first-order chi connectivity index (χ1) is 7.74. The Hall–Kier alpha value is -0.590. The molecule has 2 atom stereocenters. The average molecular weight is 223 g/mol. The summed E-state index contributed by atoms with van der Waals surface area (Å²) >= 11 is 0. The average Bonchev–Trinajstić information content (AvgIpc) is 2.30. The highest BCUT2D eigenvalue weighted by atomic mass is 15.2. The Morgan fingerprint density at radius 3 is 3.00 bits per heavy atom. The molecule has 0 amide bonds. The van der Waals surface area contributed by atoms with E-state index >= 15 is 0 Å². The molecular weight excluding hydrogens is 198 g/mol. The van der Waals surface area contributed by atoms with Gasteiger partial charge < -0.3 is 10.2 Å². The third-order valence-electron chi connectivity index (χ3n) is 3.41. The van der Waals surface area contributed by atoms with Gasteiger partial charge in [0.15, 0.2) is 0 Å². The summed E-state index contributed by atoms with van der Waals surface area (Å²) in [5.74, 6) is 0.133. The van der Waals surface area contributed by atoms with Crippen LogP contribution in [-0.2, 0) is 0 Å². The minimum absolute atomic E-state index is 0.133. The van der Waals surface area contributed by atoms with E-state index in [1.807, 2.05) is 6.92 Å². The zero-order chi connectivity index (χ0) is 11.8. The van der Waals surface area contributed by atoms with Gasteiger partial charge in [0.25, 0.3) is 0 Å². The molecule has 0 aromatic heterocycles. The van der Waals surface area contributed by atoms with Crippen molar-refractivity contribution >= 4 is 0 Å². The molecule has 3 heteroatoms. The molecular formula is C13H25N3. The summed E-state index contributed by atoms with van der Waals surface area (Å²) in [7, 11) is 0. The lowest BCUT2D eigenvalue weighted by molar-refractivity contribution is 0.159. The molecule has 1 aliphatic rings. The minimum atomic E-state index is 0.133. The zero-order valence-corrected chi connectivity index (χ0v) is 10.7. The molecule has 16 heavy (non-hydrogen) atoms. The van der Waals surface area contributed by atoms with Crippen molar-refractivity contribution in [1.29, 1.82) is 5.26 Å². The number of rotatable bonds is 6. The second-order valence-corrected chi connectivity index (χ2v) is 4.97. The van der Waals surface area contributed by atoms with Gasteiger partial charge in [0, 0.05) is 12.6 Å². The molecule has 0 aliphatic carbocycles. The van der Waals surface area contributed by atoms with Crippen LogP contribution < -0.4 is 5.32 Å². The van der Waals surface area contributed by atoms with Crippen molar-refractivity contribution in [3.05, 3.63) is 0 Å².